The van der Waals surface area contributed by atoms with E-state index in [0.29, 0.717) is 12.2 Å². The first-order valence-electron chi connectivity index (χ1n) is 4.99. The van der Waals surface area contributed by atoms with Crippen molar-refractivity contribution in [1.29, 1.82) is 0 Å². The molecule has 100 valence electrons. The number of carbonyl (C=O) groups excluding carboxylic acids is 1. The summed E-state index contributed by atoms with van der Waals surface area (Å²) in [5.41, 5.74) is 5.21. The summed E-state index contributed by atoms with van der Waals surface area (Å²) >= 11 is 0. The number of hydrogen-bond donors (Lipinski definition) is 4. The zero-order valence-corrected chi connectivity index (χ0v) is 10.5. The van der Waals surface area contributed by atoms with E-state index in [1.807, 2.05) is 0 Å². The molecule has 0 aliphatic carbocycles. The van der Waals surface area contributed by atoms with Gasteiger partial charge in [-0.25, -0.2) is 10.2 Å². The van der Waals surface area contributed by atoms with Gasteiger partial charge in [0.25, 0.3) is 5.56 Å². The average molecular weight is 276 g/mol. The van der Waals surface area contributed by atoms with E-state index < -0.39 is 11.2 Å². The van der Waals surface area contributed by atoms with Crippen LogP contribution < -0.4 is 34.8 Å². The fourth-order valence-electron chi connectivity index (χ4n) is 1.15. The van der Waals surface area contributed by atoms with Crippen molar-refractivity contribution >= 4 is 12.1 Å². The van der Waals surface area contributed by atoms with Gasteiger partial charge in [-0.1, -0.05) is 0 Å². The van der Waals surface area contributed by atoms with Crippen LogP contribution in [0.4, 0.5) is 0 Å². The maximum Gasteiger partial charge on any atom is 0.325 e. The second-order valence-electron chi connectivity index (χ2n) is 3.34. The first-order chi connectivity index (χ1) is 8.04. The molecule has 0 atom stereocenters. The van der Waals surface area contributed by atoms with Crippen molar-refractivity contribution in [3.63, 3.8) is 0 Å². The normalized spacial score (nSPS) is 10.1. The Labute approximate surface area is 108 Å². The first kappa shape index (κ1) is 16.1. The standard InChI is InChI=1S/C9H13N5O3.ClH/c1-5-6(8(16)13-9(17)12-5)4-11-14-7(15)2-3-10;/h4H,2-3,10H2,1H3,(H,14,15)(H2,12,13,16,17);1H/b11-4+;. The van der Waals surface area contributed by atoms with E-state index >= 15 is 0 Å². The van der Waals surface area contributed by atoms with Gasteiger partial charge in [0.05, 0.1) is 24.7 Å². The van der Waals surface area contributed by atoms with E-state index in [-0.39, 0.29) is 30.3 Å². The smallest absolute Gasteiger partial charge is 0.325 e. The van der Waals surface area contributed by atoms with E-state index in [1.165, 1.54) is 6.21 Å². The zero-order valence-electron chi connectivity index (χ0n) is 9.75. The second-order valence-corrected chi connectivity index (χ2v) is 3.34. The molecule has 0 aliphatic heterocycles. The maximum absolute atomic E-state index is 11.4. The number of nitrogens with one attached hydrogen (secondary N) is 3. The number of halogens is 1. The molecule has 8 nitrogen and oxygen atoms in total. The first-order valence-corrected chi connectivity index (χ1v) is 4.99. The molecule has 1 aromatic rings. The highest BCUT2D eigenvalue weighted by atomic mass is 35.5. The molecule has 0 fully saturated rings. The van der Waals surface area contributed by atoms with Crippen LogP contribution >= 0.6 is 0 Å². The molecular formula is C9H14ClN5O3. The quantitative estimate of drug-likeness (QED) is 0.322. The number of hydrogen-bond acceptors (Lipinski definition) is 4. The summed E-state index contributed by atoms with van der Waals surface area (Å²) in [5.74, 6) is -0.283. The number of aromatic nitrogens is 2. The van der Waals surface area contributed by atoms with Gasteiger partial charge in [-0.05, 0) is 6.92 Å². The van der Waals surface area contributed by atoms with Crippen LogP contribution in [0.1, 0.15) is 17.7 Å². The van der Waals surface area contributed by atoms with Gasteiger partial charge in [0.2, 0.25) is 5.91 Å². The molecule has 0 unspecified atom stereocenters. The van der Waals surface area contributed by atoms with Crippen molar-refractivity contribution in [1.82, 2.24) is 15.4 Å². The third-order valence-electron chi connectivity index (χ3n) is 1.96. The van der Waals surface area contributed by atoms with Gasteiger partial charge in [0, 0.05) is 5.69 Å². The summed E-state index contributed by atoms with van der Waals surface area (Å²) in [4.78, 5) is 37.8. The summed E-state index contributed by atoms with van der Waals surface area (Å²) in [7, 11) is 0. The summed E-state index contributed by atoms with van der Waals surface area (Å²) in [6.45, 7) is 2.04. The number of rotatable bonds is 4. The third kappa shape index (κ3) is 4.52. The van der Waals surface area contributed by atoms with Gasteiger partial charge in [0.1, 0.15) is 0 Å². The lowest BCUT2D eigenvalue weighted by molar-refractivity contribution is -0.366. The Morgan fingerprint density at radius 1 is 1.44 bits per heavy atom. The van der Waals surface area contributed by atoms with E-state index in [0.717, 1.165) is 0 Å². The highest BCUT2D eigenvalue weighted by Gasteiger charge is 2.03. The van der Waals surface area contributed by atoms with E-state index in [1.54, 1.807) is 6.92 Å². The number of quaternary nitrogens is 1. The van der Waals surface area contributed by atoms with Crippen molar-refractivity contribution in [2.45, 2.75) is 13.3 Å². The maximum atomic E-state index is 11.4. The summed E-state index contributed by atoms with van der Waals surface area (Å²) in [5, 5.41) is 3.62. The molecule has 0 spiro atoms. The molecule has 1 rings (SSSR count). The van der Waals surface area contributed by atoms with Crippen LogP contribution in [0.25, 0.3) is 0 Å². The van der Waals surface area contributed by atoms with Crippen LogP contribution in [0.5, 0.6) is 0 Å². The fraction of sp³-hybridized carbons (Fsp3) is 0.333. The highest BCUT2D eigenvalue weighted by Crippen LogP contribution is 1.89. The molecule has 6 N–H and O–H groups in total. The number of carbonyl (C=O) groups is 1. The lowest BCUT2D eigenvalue weighted by Gasteiger charge is -1.98. The zero-order chi connectivity index (χ0) is 12.8. The molecule has 0 bridgehead atoms. The Kier molecular flexibility index (Phi) is 6.61. The van der Waals surface area contributed by atoms with E-state index in [2.05, 4.69) is 26.2 Å². The molecule has 0 radical (unpaired) electrons. The largest absolute Gasteiger partial charge is 1.00 e. The third-order valence-corrected chi connectivity index (χ3v) is 1.96. The van der Waals surface area contributed by atoms with E-state index in [9.17, 15) is 14.4 Å². The molecule has 1 amide bonds. The van der Waals surface area contributed by atoms with Crippen molar-refractivity contribution in [3.05, 3.63) is 32.1 Å². The summed E-state index contributed by atoms with van der Waals surface area (Å²) < 4.78 is 0. The van der Waals surface area contributed by atoms with Crippen LogP contribution in [-0.2, 0) is 4.79 Å². The van der Waals surface area contributed by atoms with Gasteiger partial charge in [0.15, 0.2) is 0 Å². The number of amides is 1. The molecular weight excluding hydrogens is 262 g/mol. The Bertz CT molecular complexity index is 548. The van der Waals surface area contributed by atoms with Crippen LogP contribution in [0.15, 0.2) is 14.7 Å². The van der Waals surface area contributed by atoms with Crippen molar-refractivity contribution in [2.24, 2.45) is 5.10 Å². The Morgan fingerprint density at radius 2 is 2.11 bits per heavy atom. The number of nitrogens with zero attached hydrogens (tertiary/aromatic N) is 1. The van der Waals surface area contributed by atoms with Crippen LogP contribution in [0.2, 0.25) is 0 Å². The number of aromatic amines is 2. The Hall–Kier alpha value is -1.93. The molecule has 1 heterocycles. The van der Waals surface area contributed by atoms with Crippen LogP contribution in [0.3, 0.4) is 0 Å². The molecule has 0 saturated heterocycles. The SMILES string of the molecule is Cc1[nH]c(=O)[nH]c(=O)c1/C=N/NC(=O)CC[NH3+].[Cl-]. The lowest BCUT2D eigenvalue weighted by Crippen LogP contribution is -3.00. The van der Waals surface area contributed by atoms with Gasteiger partial charge < -0.3 is 23.1 Å². The fourth-order valence-corrected chi connectivity index (χ4v) is 1.15. The highest BCUT2D eigenvalue weighted by molar-refractivity contribution is 5.82. The van der Waals surface area contributed by atoms with Gasteiger partial charge in [-0.15, -0.1) is 0 Å². The van der Waals surface area contributed by atoms with Crippen molar-refractivity contribution in [2.75, 3.05) is 6.54 Å². The Morgan fingerprint density at radius 3 is 2.67 bits per heavy atom. The van der Waals surface area contributed by atoms with Gasteiger partial charge in [-0.2, -0.15) is 5.10 Å². The topological polar surface area (TPSA) is 135 Å². The van der Waals surface area contributed by atoms with Crippen LogP contribution in [0, 0.1) is 6.92 Å². The van der Waals surface area contributed by atoms with Gasteiger partial charge >= 0.3 is 5.69 Å². The van der Waals surface area contributed by atoms with Crippen molar-refractivity contribution < 1.29 is 22.9 Å². The number of H-pyrrole nitrogens is 2. The average Bonchev–Trinajstić information content (AvgIpc) is 2.22. The second kappa shape index (κ2) is 7.41. The molecule has 0 saturated carbocycles. The summed E-state index contributed by atoms with van der Waals surface area (Å²) in [6.07, 6.45) is 1.45. The van der Waals surface area contributed by atoms with Crippen LogP contribution in [-0.4, -0.2) is 28.6 Å². The predicted molar refractivity (Wildman–Crippen MR) is 60.5 cm³/mol. The summed E-state index contributed by atoms with van der Waals surface area (Å²) in [6, 6.07) is 0. The molecule has 0 aromatic carbocycles. The Balaban J connectivity index is 0.00000289. The monoisotopic (exact) mass is 275 g/mol. The molecule has 9 heteroatoms. The van der Waals surface area contributed by atoms with Crippen molar-refractivity contribution in [3.8, 4) is 0 Å². The lowest BCUT2D eigenvalue weighted by atomic mass is 10.2. The minimum atomic E-state index is -0.578. The molecule has 18 heavy (non-hydrogen) atoms. The minimum Gasteiger partial charge on any atom is -1.00 e. The predicted octanol–water partition coefficient (Wildman–Crippen LogP) is -5.54. The molecule has 1 aromatic heterocycles. The molecule has 0 aliphatic rings. The minimum absolute atomic E-state index is 0. The van der Waals surface area contributed by atoms with E-state index in [4.69, 9.17) is 0 Å². The number of aryl methyl sites for hydroxylation is 1. The van der Waals surface area contributed by atoms with Gasteiger partial charge in [-0.3, -0.25) is 14.6 Å². The number of hydrazone groups is 1.